The molecular weight excluding hydrogens is 428 g/mol. The van der Waals surface area contributed by atoms with E-state index in [4.69, 9.17) is 9.47 Å². The van der Waals surface area contributed by atoms with Gasteiger partial charge in [-0.1, -0.05) is 30.5 Å². The summed E-state index contributed by atoms with van der Waals surface area (Å²) in [5.41, 5.74) is 1.35. The number of nitrogens with one attached hydrogen (secondary N) is 1. The van der Waals surface area contributed by atoms with Gasteiger partial charge in [-0.15, -0.1) is 0 Å². The van der Waals surface area contributed by atoms with Crippen molar-refractivity contribution in [2.24, 2.45) is 0 Å². The summed E-state index contributed by atoms with van der Waals surface area (Å²) in [6.07, 6.45) is 5.70. The number of rotatable bonds is 11. The van der Waals surface area contributed by atoms with E-state index in [0.717, 1.165) is 22.7 Å². The molecule has 1 fully saturated rings. The molecule has 7 nitrogen and oxygen atoms in total. The summed E-state index contributed by atoms with van der Waals surface area (Å²) in [5, 5.41) is 2.81. The zero-order valence-corrected chi connectivity index (χ0v) is 19.6. The van der Waals surface area contributed by atoms with Gasteiger partial charge in [0.25, 0.3) is 10.0 Å². The van der Waals surface area contributed by atoms with Crippen molar-refractivity contribution in [3.05, 3.63) is 54.1 Å². The van der Waals surface area contributed by atoms with Crippen molar-refractivity contribution in [1.82, 2.24) is 5.32 Å². The van der Waals surface area contributed by atoms with E-state index in [9.17, 15) is 13.2 Å². The van der Waals surface area contributed by atoms with E-state index < -0.39 is 10.0 Å². The zero-order chi connectivity index (χ0) is 23.0. The Morgan fingerprint density at radius 3 is 2.34 bits per heavy atom. The van der Waals surface area contributed by atoms with Gasteiger partial charge in [-0.05, 0) is 62.6 Å². The highest BCUT2D eigenvalue weighted by Crippen LogP contribution is 2.26. The van der Waals surface area contributed by atoms with Crippen LogP contribution in [0.15, 0.2) is 53.4 Å². The van der Waals surface area contributed by atoms with E-state index >= 15 is 0 Å². The van der Waals surface area contributed by atoms with Crippen LogP contribution >= 0.6 is 0 Å². The van der Waals surface area contributed by atoms with Crippen LogP contribution in [0, 0.1) is 6.92 Å². The van der Waals surface area contributed by atoms with Crippen LogP contribution in [0.3, 0.4) is 0 Å². The molecule has 174 valence electrons. The Balaban J connectivity index is 1.66. The predicted octanol–water partition coefficient (Wildman–Crippen LogP) is 3.66. The molecule has 1 amide bonds. The summed E-state index contributed by atoms with van der Waals surface area (Å²) in [5.74, 6) is 0.241. The molecule has 1 aliphatic carbocycles. The smallest absolute Gasteiger partial charge is 0.264 e. The maximum Gasteiger partial charge on any atom is 0.264 e. The first kappa shape index (κ1) is 24.1. The minimum Gasteiger partial charge on any atom is -0.497 e. The van der Waals surface area contributed by atoms with Gasteiger partial charge in [0.2, 0.25) is 5.91 Å². The molecule has 1 saturated carbocycles. The molecule has 3 rings (SSSR count). The zero-order valence-electron chi connectivity index (χ0n) is 18.7. The van der Waals surface area contributed by atoms with Crippen LogP contribution in [0.5, 0.6) is 5.75 Å². The number of benzene rings is 2. The number of methoxy groups -OCH3 is 1. The van der Waals surface area contributed by atoms with Gasteiger partial charge >= 0.3 is 0 Å². The van der Waals surface area contributed by atoms with E-state index in [2.05, 4.69) is 5.32 Å². The Bertz CT molecular complexity index is 968. The van der Waals surface area contributed by atoms with Crippen molar-refractivity contribution in [3.63, 3.8) is 0 Å². The maximum absolute atomic E-state index is 13.4. The van der Waals surface area contributed by atoms with Gasteiger partial charge in [0.05, 0.1) is 23.8 Å². The van der Waals surface area contributed by atoms with Crippen LogP contribution in [0.4, 0.5) is 5.69 Å². The number of carbonyl (C=O) groups is 1. The predicted molar refractivity (Wildman–Crippen MR) is 125 cm³/mol. The largest absolute Gasteiger partial charge is 0.497 e. The molecule has 0 spiro atoms. The molecule has 1 N–H and O–H groups in total. The van der Waals surface area contributed by atoms with Gasteiger partial charge in [0.1, 0.15) is 12.3 Å². The highest BCUT2D eigenvalue weighted by molar-refractivity contribution is 7.92. The molecule has 0 aromatic heterocycles. The van der Waals surface area contributed by atoms with Crippen molar-refractivity contribution in [3.8, 4) is 5.75 Å². The van der Waals surface area contributed by atoms with Crippen LogP contribution in [0.2, 0.25) is 0 Å². The minimum absolute atomic E-state index is 0.136. The van der Waals surface area contributed by atoms with Crippen molar-refractivity contribution in [2.45, 2.75) is 50.0 Å². The number of anilines is 1. The van der Waals surface area contributed by atoms with Gasteiger partial charge < -0.3 is 14.8 Å². The van der Waals surface area contributed by atoms with Crippen molar-refractivity contribution < 1.29 is 22.7 Å². The number of sulfonamides is 1. The van der Waals surface area contributed by atoms with Crippen molar-refractivity contribution in [2.75, 3.05) is 31.1 Å². The molecule has 0 aliphatic heterocycles. The minimum atomic E-state index is -3.92. The highest BCUT2D eigenvalue weighted by Gasteiger charge is 2.27. The SMILES string of the molecule is COc1ccc(N(CC(=O)NCCCOC2CCCC2)S(=O)(=O)c2ccc(C)cc2)cc1. The lowest BCUT2D eigenvalue weighted by Crippen LogP contribution is -2.41. The van der Waals surface area contributed by atoms with Crippen molar-refractivity contribution in [1.29, 1.82) is 0 Å². The van der Waals surface area contributed by atoms with Crippen LogP contribution in [-0.2, 0) is 19.6 Å². The van der Waals surface area contributed by atoms with Crippen molar-refractivity contribution >= 4 is 21.6 Å². The number of amides is 1. The fourth-order valence-corrected chi connectivity index (χ4v) is 5.11. The molecule has 0 saturated heterocycles. The second-order valence-electron chi connectivity index (χ2n) is 8.00. The third-order valence-electron chi connectivity index (χ3n) is 5.56. The molecule has 32 heavy (non-hydrogen) atoms. The fourth-order valence-electron chi connectivity index (χ4n) is 3.69. The van der Waals surface area contributed by atoms with Gasteiger partial charge in [0.15, 0.2) is 0 Å². The molecule has 2 aromatic rings. The Kier molecular flexibility index (Phi) is 8.53. The van der Waals surface area contributed by atoms with E-state index in [1.807, 2.05) is 6.92 Å². The third-order valence-corrected chi connectivity index (χ3v) is 7.34. The lowest BCUT2D eigenvalue weighted by molar-refractivity contribution is -0.119. The fraction of sp³-hybridized carbons (Fsp3) is 0.458. The van der Waals surface area contributed by atoms with Gasteiger partial charge in [-0.25, -0.2) is 8.42 Å². The molecular formula is C24H32N2O5S. The summed E-state index contributed by atoms with van der Waals surface area (Å²) in [4.78, 5) is 12.8. The van der Waals surface area contributed by atoms with Crippen LogP contribution < -0.4 is 14.4 Å². The quantitative estimate of drug-likeness (QED) is 0.517. The summed E-state index contributed by atoms with van der Waals surface area (Å²) in [6.45, 7) is 2.61. The Hall–Kier alpha value is -2.58. The van der Waals surface area contributed by atoms with Crippen LogP contribution in [0.25, 0.3) is 0 Å². The normalized spacial score (nSPS) is 14.3. The van der Waals surface area contributed by atoms with E-state index in [1.165, 1.54) is 12.8 Å². The first-order valence-corrected chi connectivity index (χ1v) is 12.5. The van der Waals surface area contributed by atoms with Gasteiger partial charge in [-0.3, -0.25) is 9.10 Å². The van der Waals surface area contributed by atoms with Gasteiger partial charge in [-0.2, -0.15) is 0 Å². The first-order valence-electron chi connectivity index (χ1n) is 11.0. The molecule has 1 aliphatic rings. The Labute approximate surface area is 190 Å². The average Bonchev–Trinajstić information content (AvgIpc) is 3.31. The van der Waals surface area contributed by atoms with Crippen LogP contribution in [0.1, 0.15) is 37.7 Å². The van der Waals surface area contributed by atoms with E-state index in [-0.39, 0.29) is 17.3 Å². The molecule has 2 aromatic carbocycles. The molecule has 0 heterocycles. The second kappa shape index (κ2) is 11.3. The number of carbonyl (C=O) groups excluding carboxylic acids is 1. The summed E-state index contributed by atoms with van der Waals surface area (Å²) < 4.78 is 38.8. The third kappa shape index (κ3) is 6.46. The topological polar surface area (TPSA) is 84.9 Å². The molecule has 0 radical (unpaired) electrons. The monoisotopic (exact) mass is 460 g/mol. The summed E-state index contributed by atoms with van der Waals surface area (Å²) in [7, 11) is -2.38. The van der Waals surface area contributed by atoms with Gasteiger partial charge in [0, 0.05) is 13.2 Å². The lowest BCUT2D eigenvalue weighted by atomic mass is 10.2. The maximum atomic E-state index is 13.4. The molecule has 0 bridgehead atoms. The van der Waals surface area contributed by atoms with Crippen LogP contribution in [-0.4, -0.2) is 47.2 Å². The first-order chi connectivity index (χ1) is 15.4. The van der Waals surface area contributed by atoms with E-state index in [1.54, 1.807) is 55.6 Å². The molecule has 0 unspecified atom stereocenters. The number of hydrogen-bond acceptors (Lipinski definition) is 5. The second-order valence-corrected chi connectivity index (χ2v) is 9.87. The standard InChI is InChI=1S/C24H32N2O5S/c1-19-8-14-23(15-9-19)32(28,29)26(20-10-12-21(30-2)13-11-20)18-24(27)25-16-5-17-31-22-6-3-4-7-22/h8-15,22H,3-7,16-18H2,1-2H3,(H,25,27). The number of ether oxygens (including phenoxy) is 2. The lowest BCUT2D eigenvalue weighted by Gasteiger charge is -2.24. The summed E-state index contributed by atoms with van der Waals surface area (Å²) >= 11 is 0. The summed E-state index contributed by atoms with van der Waals surface area (Å²) in [6, 6.07) is 13.2. The number of nitrogens with zero attached hydrogens (tertiary/aromatic N) is 1. The van der Waals surface area contributed by atoms with E-state index in [0.29, 0.717) is 37.1 Å². The molecule has 0 atom stereocenters. The Morgan fingerprint density at radius 2 is 1.72 bits per heavy atom. The molecule has 8 heteroatoms. The average molecular weight is 461 g/mol. The highest BCUT2D eigenvalue weighted by atomic mass is 32.2. The Morgan fingerprint density at radius 1 is 1.06 bits per heavy atom. The number of hydrogen-bond donors (Lipinski definition) is 1. The number of aryl methyl sites for hydroxylation is 1.